The van der Waals surface area contributed by atoms with E-state index in [1.165, 1.54) is 0 Å². The van der Waals surface area contributed by atoms with Gasteiger partial charge in [0.1, 0.15) is 0 Å². The highest BCUT2D eigenvalue weighted by Crippen LogP contribution is 2.14. The molecule has 0 aliphatic heterocycles. The number of benzene rings is 1. The first kappa shape index (κ1) is 10.6. The number of rotatable bonds is 3. The fourth-order valence-electron chi connectivity index (χ4n) is 1.71. The Morgan fingerprint density at radius 3 is 2.50 bits per heavy atom. The van der Waals surface area contributed by atoms with Gasteiger partial charge in [0.2, 0.25) is 0 Å². The van der Waals surface area contributed by atoms with Gasteiger partial charge in [0.15, 0.2) is 5.78 Å². The van der Waals surface area contributed by atoms with Gasteiger partial charge in [-0.15, -0.1) is 0 Å². The number of ketones is 1. The molecule has 0 aliphatic carbocycles. The van der Waals surface area contributed by atoms with Crippen molar-refractivity contribution in [3.05, 3.63) is 65.5 Å². The maximum absolute atomic E-state index is 12.2. The molecule has 0 radical (unpaired) electrons. The lowest BCUT2D eigenvalue weighted by atomic mass is 9.98. The molecule has 1 aromatic carbocycles. The van der Waals surface area contributed by atoms with Crippen LogP contribution in [-0.4, -0.2) is 10.8 Å². The highest BCUT2D eigenvalue weighted by atomic mass is 16.1. The number of carbonyl (C=O) groups is 1. The zero-order valence-electron chi connectivity index (χ0n) is 9.18. The standard InChI is InChI=1S/C14H13NO/c1-2-11-5-3-4-6-13(11)14(16)12-7-9-15-10-8-12/h3-10H,2H2,1H3. The van der Waals surface area contributed by atoms with Gasteiger partial charge < -0.3 is 0 Å². The SMILES string of the molecule is CCc1ccccc1C(=O)c1ccncc1. The van der Waals surface area contributed by atoms with Crippen LogP contribution < -0.4 is 0 Å². The maximum atomic E-state index is 12.2. The third-order valence-corrected chi connectivity index (χ3v) is 2.59. The van der Waals surface area contributed by atoms with Crippen LogP contribution in [0.1, 0.15) is 28.4 Å². The van der Waals surface area contributed by atoms with Crippen molar-refractivity contribution >= 4 is 5.78 Å². The first-order valence-corrected chi connectivity index (χ1v) is 5.35. The van der Waals surface area contributed by atoms with Gasteiger partial charge in [0, 0.05) is 23.5 Å². The molecule has 0 saturated heterocycles. The molecule has 80 valence electrons. The molecule has 16 heavy (non-hydrogen) atoms. The molecule has 2 nitrogen and oxygen atoms in total. The predicted molar refractivity (Wildman–Crippen MR) is 63.5 cm³/mol. The van der Waals surface area contributed by atoms with Gasteiger partial charge in [-0.2, -0.15) is 0 Å². The van der Waals surface area contributed by atoms with E-state index in [0.29, 0.717) is 5.56 Å². The van der Waals surface area contributed by atoms with E-state index >= 15 is 0 Å². The Morgan fingerprint density at radius 1 is 1.12 bits per heavy atom. The van der Waals surface area contributed by atoms with Crippen LogP contribution in [0, 0.1) is 0 Å². The number of pyridine rings is 1. The lowest BCUT2D eigenvalue weighted by molar-refractivity contribution is 0.103. The number of aromatic nitrogens is 1. The average molecular weight is 211 g/mol. The van der Waals surface area contributed by atoms with Crippen LogP contribution in [0.4, 0.5) is 0 Å². The molecule has 2 aromatic rings. The van der Waals surface area contributed by atoms with Crippen molar-refractivity contribution in [1.82, 2.24) is 4.98 Å². The second kappa shape index (κ2) is 4.71. The molecule has 1 heterocycles. The summed E-state index contributed by atoms with van der Waals surface area (Å²) in [6.45, 7) is 2.05. The number of hydrogen-bond acceptors (Lipinski definition) is 2. The van der Waals surface area contributed by atoms with Crippen molar-refractivity contribution < 1.29 is 4.79 Å². The van der Waals surface area contributed by atoms with E-state index in [2.05, 4.69) is 11.9 Å². The van der Waals surface area contributed by atoms with Crippen molar-refractivity contribution in [2.24, 2.45) is 0 Å². The van der Waals surface area contributed by atoms with Crippen LogP contribution in [0.25, 0.3) is 0 Å². The minimum absolute atomic E-state index is 0.0693. The summed E-state index contributed by atoms with van der Waals surface area (Å²) >= 11 is 0. The predicted octanol–water partition coefficient (Wildman–Crippen LogP) is 2.88. The van der Waals surface area contributed by atoms with E-state index in [1.807, 2.05) is 24.3 Å². The smallest absolute Gasteiger partial charge is 0.193 e. The third kappa shape index (κ3) is 2.01. The molecule has 0 N–H and O–H groups in total. The van der Waals surface area contributed by atoms with E-state index in [-0.39, 0.29) is 5.78 Å². The van der Waals surface area contributed by atoms with E-state index in [9.17, 15) is 4.79 Å². The molecule has 0 fully saturated rings. The summed E-state index contributed by atoms with van der Waals surface area (Å²) in [6.07, 6.45) is 4.15. The molecule has 0 saturated carbocycles. The molecule has 0 bridgehead atoms. The van der Waals surface area contributed by atoms with Crippen molar-refractivity contribution in [2.45, 2.75) is 13.3 Å². The summed E-state index contributed by atoms with van der Waals surface area (Å²) in [6, 6.07) is 11.2. The van der Waals surface area contributed by atoms with Gasteiger partial charge >= 0.3 is 0 Å². The fraction of sp³-hybridized carbons (Fsp3) is 0.143. The van der Waals surface area contributed by atoms with E-state index < -0.39 is 0 Å². The van der Waals surface area contributed by atoms with Crippen LogP contribution in [0.2, 0.25) is 0 Å². The Balaban J connectivity index is 2.42. The van der Waals surface area contributed by atoms with E-state index in [0.717, 1.165) is 17.5 Å². The third-order valence-electron chi connectivity index (χ3n) is 2.59. The van der Waals surface area contributed by atoms with Gasteiger partial charge in [-0.25, -0.2) is 0 Å². The van der Waals surface area contributed by atoms with Gasteiger partial charge in [-0.1, -0.05) is 31.2 Å². The number of hydrogen-bond donors (Lipinski definition) is 0. The van der Waals surface area contributed by atoms with Gasteiger partial charge in [-0.05, 0) is 24.1 Å². The lowest BCUT2D eigenvalue weighted by Gasteiger charge is -2.06. The topological polar surface area (TPSA) is 30.0 Å². The van der Waals surface area contributed by atoms with Crippen molar-refractivity contribution in [1.29, 1.82) is 0 Å². The largest absolute Gasteiger partial charge is 0.289 e. The summed E-state index contributed by atoms with van der Waals surface area (Å²) in [5.74, 6) is 0.0693. The first-order valence-electron chi connectivity index (χ1n) is 5.35. The second-order valence-corrected chi connectivity index (χ2v) is 3.58. The quantitative estimate of drug-likeness (QED) is 0.731. The maximum Gasteiger partial charge on any atom is 0.193 e. The number of carbonyl (C=O) groups excluding carboxylic acids is 1. The van der Waals surface area contributed by atoms with E-state index in [4.69, 9.17) is 0 Å². The minimum atomic E-state index is 0.0693. The molecule has 1 aromatic heterocycles. The average Bonchev–Trinajstić information content (AvgIpc) is 2.39. The zero-order chi connectivity index (χ0) is 11.4. The molecule has 0 spiro atoms. The Hall–Kier alpha value is -1.96. The van der Waals surface area contributed by atoms with Crippen LogP contribution >= 0.6 is 0 Å². The first-order chi connectivity index (χ1) is 7.83. The van der Waals surface area contributed by atoms with Crippen LogP contribution in [0.15, 0.2) is 48.8 Å². The van der Waals surface area contributed by atoms with Crippen LogP contribution in [0.3, 0.4) is 0 Å². The molecular formula is C14H13NO. The summed E-state index contributed by atoms with van der Waals surface area (Å²) < 4.78 is 0. The Bertz CT molecular complexity index is 491. The second-order valence-electron chi connectivity index (χ2n) is 3.58. The van der Waals surface area contributed by atoms with Gasteiger partial charge in [0.25, 0.3) is 0 Å². The molecular weight excluding hydrogens is 198 g/mol. The zero-order valence-corrected chi connectivity index (χ0v) is 9.18. The summed E-state index contributed by atoms with van der Waals surface area (Å²) in [7, 11) is 0. The summed E-state index contributed by atoms with van der Waals surface area (Å²) in [4.78, 5) is 16.1. The molecule has 0 atom stereocenters. The highest BCUT2D eigenvalue weighted by molar-refractivity contribution is 6.09. The fourth-order valence-corrected chi connectivity index (χ4v) is 1.71. The Morgan fingerprint density at radius 2 is 1.81 bits per heavy atom. The monoisotopic (exact) mass is 211 g/mol. The van der Waals surface area contributed by atoms with E-state index in [1.54, 1.807) is 24.5 Å². The number of aryl methyl sites for hydroxylation is 1. The van der Waals surface area contributed by atoms with Crippen molar-refractivity contribution in [3.63, 3.8) is 0 Å². The molecule has 2 heteroatoms. The van der Waals surface area contributed by atoms with Gasteiger partial charge in [0.05, 0.1) is 0 Å². The summed E-state index contributed by atoms with van der Waals surface area (Å²) in [5.41, 5.74) is 2.57. The van der Waals surface area contributed by atoms with Crippen molar-refractivity contribution in [2.75, 3.05) is 0 Å². The number of nitrogens with zero attached hydrogens (tertiary/aromatic N) is 1. The Kier molecular flexibility index (Phi) is 3.10. The van der Waals surface area contributed by atoms with Gasteiger partial charge in [-0.3, -0.25) is 9.78 Å². The minimum Gasteiger partial charge on any atom is -0.289 e. The molecule has 2 rings (SSSR count). The Labute approximate surface area is 95.0 Å². The highest BCUT2D eigenvalue weighted by Gasteiger charge is 2.11. The van der Waals surface area contributed by atoms with Crippen molar-refractivity contribution in [3.8, 4) is 0 Å². The summed E-state index contributed by atoms with van der Waals surface area (Å²) in [5, 5.41) is 0. The normalized spacial score (nSPS) is 10.1. The van der Waals surface area contributed by atoms with Crippen LogP contribution in [-0.2, 0) is 6.42 Å². The van der Waals surface area contributed by atoms with Crippen LogP contribution in [0.5, 0.6) is 0 Å². The lowest BCUT2D eigenvalue weighted by Crippen LogP contribution is -2.04. The molecule has 0 unspecified atom stereocenters. The molecule has 0 amide bonds. The molecule has 0 aliphatic rings.